The van der Waals surface area contributed by atoms with Gasteiger partial charge in [0.2, 0.25) is 0 Å². The van der Waals surface area contributed by atoms with Gasteiger partial charge in [0.1, 0.15) is 5.83 Å². The summed E-state index contributed by atoms with van der Waals surface area (Å²) in [6.07, 6.45) is 3.87. The second-order valence-corrected chi connectivity index (χ2v) is 7.13. The molecule has 21 heavy (non-hydrogen) atoms. The number of rotatable bonds is 2. The van der Waals surface area contributed by atoms with Crippen molar-refractivity contribution in [2.45, 2.75) is 72.5 Å². The maximum atomic E-state index is 14.1. The van der Waals surface area contributed by atoms with Crippen LogP contribution >= 0.6 is 0 Å². The molecular weight excluding hydrogens is 265 g/mol. The lowest BCUT2D eigenvalue weighted by Gasteiger charge is -2.47. The first kappa shape index (κ1) is 18.4. The van der Waals surface area contributed by atoms with Gasteiger partial charge in [0.05, 0.1) is 11.2 Å². The Morgan fingerprint density at radius 2 is 1.67 bits per heavy atom. The molecule has 2 aliphatic rings. The predicted octanol–water partition coefficient (Wildman–Crippen LogP) is 4.87. The van der Waals surface area contributed by atoms with Crippen LogP contribution in [0, 0.1) is 0 Å². The molecule has 1 aliphatic carbocycles. The van der Waals surface area contributed by atoms with E-state index in [-0.39, 0.29) is 17.0 Å². The van der Waals surface area contributed by atoms with E-state index in [1.54, 1.807) is 0 Å². The molecule has 2 rings (SSSR count). The van der Waals surface area contributed by atoms with E-state index in [4.69, 9.17) is 4.74 Å². The highest BCUT2D eigenvalue weighted by molar-refractivity contribution is 5.34. The lowest BCUT2D eigenvalue weighted by molar-refractivity contribution is -0.178. The summed E-state index contributed by atoms with van der Waals surface area (Å²) in [4.78, 5) is 2.31. The van der Waals surface area contributed by atoms with E-state index in [2.05, 4.69) is 38.7 Å². The van der Waals surface area contributed by atoms with Gasteiger partial charge >= 0.3 is 0 Å². The van der Waals surface area contributed by atoms with Crippen LogP contribution in [0.2, 0.25) is 0 Å². The average molecular weight is 297 g/mol. The largest absolute Gasteiger partial charge is 0.367 e. The molecule has 0 spiro atoms. The molecule has 0 radical (unpaired) electrons. The number of hydrogen-bond acceptors (Lipinski definition) is 2. The second-order valence-electron chi connectivity index (χ2n) is 7.13. The number of hydrogen-bond donors (Lipinski definition) is 0. The molecule has 0 aromatic rings. The van der Waals surface area contributed by atoms with Crippen LogP contribution in [0.4, 0.5) is 4.39 Å². The summed E-state index contributed by atoms with van der Waals surface area (Å²) in [6, 6.07) is 0. The number of halogens is 1. The first-order chi connectivity index (χ1) is 9.69. The summed E-state index contributed by atoms with van der Waals surface area (Å²) in [5, 5.41) is 0. The molecule has 0 aromatic heterocycles. The van der Waals surface area contributed by atoms with Crippen molar-refractivity contribution in [1.82, 2.24) is 4.90 Å². The van der Waals surface area contributed by atoms with Crippen LogP contribution in [-0.2, 0) is 4.74 Å². The molecule has 0 amide bonds. The minimum Gasteiger partial charge on any atom is -0.367 e. The van der Waals surface area contributed by atoms with Crippen molar-refractivity contribution in [1.29, 1.82) is 0 Å². The van der Waals surface area contributed by atoms with Gasteiger partial charge in [-0.15, -0.1) is 0 Å². The summed E-state index contributed by atoms with van der Waals surface area (Å²) in [6.45, 7) is 16.7. The minimum absolute atomic E-state index is 0.00774. The molecule has 0 saturated carbocycles. The SMILES string of the molecule is CC.CC1=C(F)C(CN2CC(C)(C)OC(C)(C)C2)=CCC1. The topological polar surface area (TPSA) is 12.5 Å². The molecule has 0 unspecified atom stereocenters. The molecule has 0 bridgehead atoms. The lowest BCUT2D eigenvalue weighted by Crippen LogP contribution is -2.57. The van der Waals surface area contributed by atoms with E-state index in [0.29, 0.717) is 6.54 Å². The summed E-state index contributed by atoms with van der Waals surface area (Å²) in [5.41, 5.74) is 1.40. The Balaban J connectivity index is 0.00000106. The molecular formula is C18H32FNO. The third kappa shape index (κ3) is 5.23. The fourth-order valence-corrected chi connectivity index (χ4v) is 3.37. The highest BCUT2D eigenvalue weighted by atomic mass is 19.1. The zero-order valence-electron chi connectivity index (χ0n) is 14.8. The van der Waals surface area contributed by atoms with Crippen LogP contribution in [0.3, 0.4) is 0 Å². The second kappa shape index (κ2) is 7.06. The molecule has 3 heteroatoms. The van der Waals surface area contributed by atoms with Gasteiger partial charge in [-0.1, -0.05) is 19.9 Å². The number of morpholine rings is 1. The van der Waals surface area contributed by atoms with Crippen molar-refractivity contribution in [3.63, 3.8) is 0 Å². The van der Waals surface area contributed by atoms with Crippen molar-refractivity contribution in [3.8, 4) is 0 Å². The lowest BCUT2D eigenvalue weighted by atomic mass is 9.95. The molecule has 0 N–H and O–H groups in total. The standard InChI is InChI=1S/C16H26FNO.C2H6/c1-12-7-6-8-13(14(12)17)9-18-10-15(2,3)19-16(4,5)11-18;1-2/h8H,6-7,9-11H2,1-5H3;1-2H3. The van der Waals surface area contributed by atoms with Gasteiger partial charge in [-0.25, -0.2) is 4.39 Å². The van der Waals surface area contributed by atoms with E-state index in [9.17, 15) is 4.39 Å². The van der Waals surface area contributed by atoms with E-state index in [0.717, 1.165) is 37.1 Å². The Bertz CT molecular complexity index is 405. The summed E-state index contributed by atoms with van der Waals surface area (Å²) in [7, 11) is 0. The van der Waals surface area contributed by atoms with Crippen molar-refractivity contribution in [2.24, 2.45) is 0 Å². The Kier molecular flexibility index (Phi) is 6.18. The molecule has 2 nitrogen and oxygen atoms in total. The van der Waals surface area contributed by atoms with Crippen LogP contribution in [0.5, 0.6) is 0 Å². The van der Waals surface area contributed by atoms with Gasteiger partial charge in [0.15, 0.2) is 0 Å². The Hall–Kier alpha value is -0.670. The van der Waals surface area contributed by atoms with Gasteiger partial charge < -0.3 is 4.74 Å². The maximum absolute atomic E-state index is 14.1. The Morgan fingerprint density at radius 1 is 1.14 bits per heavy atom. The fourth-order valence-electron chi connectivity index (χ4n) is 3.37. The van der Waals surface area contributed by atoms with Crippen molar-refractivity contribution < 1.29 is 9.13 Å². The fraction of sp³-hybridized carbons (Fsp3) is 0.778. The van der Waals surface area contributed by atoms with E-state index in [1.807, 2.05) is 20.8 Å². The molecule has 122 valence electrons. The molecule has 0 atom stereocenters. The normalized spacial score (nSPS) is 25.0. The zero-order valence-corrected chi connectivity index (χ0v) is 14.8. The Morgan fingerprint density at radius 3 is 2.19 bits per heavy atom. The minimum atomic E-state index is -0.174. The van der Waals surface area contributed by atoms with Crippen LogP contribution in [0.25, 0.3) is 0 Å². The highest BCUT2D eigenvalue weighted by Crippen LogP contribution is 2.31. The third-order valence-electron chi connectivity index (χ3n) is 3.72. The molecule has 1 saturated heterocycles. The number of nitrogens with zero attached hydrogens (tertiary/aromatic N) is 1. The molecule has 1 aliphatic heterocycles. The van der Waals surface area contributed by atoms with Gasteiger partial charge in [-0.05, 0) is 58.6 Å². The first-order valence-electron chi connectivity index (χ1n) is 8.16. The van der Waals surface area contributed by atoms with Crippen molar-refractivity contribution >= 4 is 0 Å². The predicted molar refractivity (Wildman–Crippen MR) is 88.2 cm³/mol. The van der Waals surface area contributed by atoms with Crippen LogP contribution < -0.4 is 0 Å². The number of ether oxygens (including phenoxy) is 1. The first-order valence-corrected chi connectivity index (χ1v) is 8.16. The highest BCUT2D eigenvalue weighted by Gasteiger charge is 2.38. The third-order valence-corrected chi connectivity index (χ3v) is 3.72. The van der Waals surface area contributed by atoms with Crippen molar-refractivity contribution in [2.75, 3.05) is 19.6 Å². The number of allylic oxidation sites excluding steroid dienone is 2. The van der Waals surface area contributed by atoms with Gasteiger partial charge in [0, 0.05) is 19.6 Å². The van der Waals surface area contributed by atoms with Gasteiger partial charge in [-0.2, -0.15) is 0 Å². The van der Waals surface area contributed by atoms with Crippen molar-refractivity contribution in [3.05, 3.63) is 23.0 Å². The van der Waals surface area contributed by atoms with Crippen LogP contribution in [-0.4, -0.2) is 35.7 Å². The summed E-state index contributed by atoms with van der Waals surface area (Å²) < 4.78 is 20.2. The smallest absolute Gasteiger partial charge is 0.126 e. The zero-order chi connectivity index (χ0) is 16.3. The van der Waals surface area contributed by atoms with Crippen LogP contribution in [0.15, 0.2) is 23.0 Å². The van der Waals surface area contributed by atoms with E-state index in [1.165, 1.54) is 0 Å². The van der Waals surface area contributed by atoms with Gasteiger partial charge in [-0.3, -0.25) is 4.90 Å². The molecule has 1 heterocycles. The van der Waals surface area contributed by atoms with Gasteiger partial charge in [0.25, 0.3) is 0 Å². The molecule has 0 aromatic carbocycles. The maximum Gasteiger partial charge on any atom is 0.126 e. The van der Waals surface area contributed by atoms with E-state index >= 15 is 0 Å². The Labute approximate surface area is 130 Å². The summed E-state index contributed by atoms with van der Waals surface area (Å²) >= 11 is 0. The summed E-state index contributed by atoms with van der Waals surface area (Å²) in [5.74, 6) is 0.00774. The molecule has 1 fully saturated rings. The van der Waals surface area contributed by atoms with Crippen LogP contribution in [0.1, 0.15) is 61.3 Å². The average Bonchev–Trinajstić information content (AvgIpc) is 2.33. The quantitative estimate of drug-likeness (QED) is 0.721. The monoisotopic (exact) mass is 297 g/mol. The van der Waals surface area contributed by atoms with E-state index < -0.39 is 0 Å².